The molecule has 35 heavy (non-hydrogen) atoms. The Kier molecular flexibility index (Phi) is 7.29. The first-order valence-corrected chi connectivity index (χ1v) is 12.4. The maximum atomic E-state index is 12.5. The van der Waals surface area contributed by atoms with Gasteiger partial charge in [-0.05, 0) is 48.5 Å². The average Bonchev–Trinajstić information content (AvgIpc) is 3.35. The largest absolute Gasteiger partial charge is 0.496 e. The minimum atomic E-state index is -4.21. The lowest BCUT2D eigenvalue weighted by molar-refractivity contribution is 0.0945. The SMILES string of the molecule is COc1ccccc1-c1nnc(-c2ccc(C(=O)NNS(=O)(=O)c3cc(Cl)c(Cl)cc3Cl)cc2)o1. The Morgan fingerprint density at radius 2 is 1.57 bits per heavy atom. The molecule has 0 unspecified atom stereocenters. The van der Waals surface area contributed by atoms with Crippen molar-refractivity contribution in [3.05, 3.63) is 81.3 Å². The lowest BCUT2D eigenvalue weighted by Crippen LogP contribution is -2.41. The maximum absolute atomic E-state index is 12.5. The Labute approximate surface area is 215 Å². The fourth-order valence-corrected chi connectivity index (χ4v) is 4.83. The monoisotopic (exact) mass is 552 g/mol. The Morgan fingerprint density at radius 1 is 0.914 bits per heavy atom. The van der Waals surface area contributed by atoms with E-state index in [0.717, 1.165) is 6.07 Å². The summed E-state index contributed by atoms with van der Waals surface area (Å²) in [5.41, 5.74) is 3.48. The zero-order valence-corrected chi connectivity index (χ0v) is 20.8. The smallest absolute Gasteiger partial charge is 0.266 e. The molecular formula is C22H15Cl3N4O5S. The summed E-state index contributed by atoms with van der Waals surface area (Å²) in [6, 6.07) is 15.6. The normalized spacial score (nSPS) is 11.3. The van der Waals surface area contributed by atoms with Crippen LogP contribution in [0.3, 0.4) is 0 Å². The zero-order chi connectivity index (χ0) is 25.2. The Balaban J connectivity index is 1.46. The fourth-order valence-electron chi connectivity index (χ4n) is 2.99. The summed E-state index contributed by atoms with van der Waals surface area (Å²) >= 11 is 17.6. The highest BCUT2D eigenvalue weighted by Crippen LogP contribution is 2.32. The van der Waals surface area contributed by atoms with E-state index >= 15 is 0 Å². The third-order valence-corrected chi connectivity index (χ3v) is 7.15. The molecule has 0 bridgehead atoms. The molecule has 0 fully saturated rings. The summed E-state index contributed by atoms with van der Waals surface area (Å²) in [7, 11) is -2.67. The van der Waals surface area contributed by atoms with Crippen LogP contribution in [0.1, 0.15) is 10.4 Å². The van der Waals surface area contributed by atoms with Crippen molar-refractivity contribution >= 4 is 50.7 Å². The number of carbonyl (C=O) groups excluding carboxylic acids is 1. The van der Waals surface area contributed by atoms with Gasteiger partial charge in [-0.2, -0.15) is 0 Å². The van der Waals surface area contributed by atoms with Crippen LogP contribution < -0.4 is 15.0 Å². The molecule has 1 aromatic heterocycles. The van der Waals surface area contributed by atoms with Crippen LogP contribution in [-0.4, -0.2) is 31.6 Å². The van der Waals surface area contributed by atoms with E-state index < -0.39 is 15.9 Å². The van der Waals surface area contributed by atoms with E-state index in [0.29, 0.717) is 16.9 Å². The third-order valence-electron chi connectivity index (χ3n) is 4.72. The second-order valence-electron chi connectivity index (χ2n) is 6.95. The van der Waals surface area contributed by atoms with E-state index in [9.17, 15) is 13.2 Å². The second kappa shape index (κ2) is 10.2. The molecule has 0 radical (unpaired) electrons. The van der Waals surface area contributed by atoms with Gasteiger partial charge in [-0.1, -0.05) is 46.9 Å². The number of methoxy groups -OCH3 is 1. The predicted octanol–water partition coefficient (Wildman–Crippen LogP) is 5.00. The number of hydrogen-bond donors (Lipinski definition) is 2. The number of hydrazine groups is 1. The van der Waals surface area contributed by atoms with E-state index in [-0.39, 0.29) is 37.3 Å². The summed E-state index contributed by atoms with van der Waals surface area (Å²) in [5.74, 6) is 0.373. The lowest BCUT2D eigenvalue weighted by atomic mass is 10.1. The fraction of sp³-hybridized carbons (Fsp3) is 0.0455. The lowest BCUT2D eigenvalue weighted by Gasteiger charge is -2.11. The number of sulfonamides is 1. The van der Waals surface area contributed by atoms with Gasteiger partial charge in [0.2, 0.25) is 5.89 Å². The van der Waals surface area contributed by atoms with Crippen molar-refractivity contribution in [2.24, 2.45) is 0 Å². The standard InChI is InChI=1S/C22H15Cl3N4O5S/c1-33-18-5-3-2-4-14(18)22-28-27-21(34-22)13-8-6-12(7-9-13)20(30)26-29-35(31,32)19-11-16(24)15(23)10-17(19)25/h2-11,29H,1H3,(H,26,30). The molecule has 0 atom stereocenters. The first kappa shape index (κ1) is 25.0. The van der Waals surface area contributed by atoms with Crippen molar-refractivity contribution in [2.45, 2.75) is 4.90 Å². The number of rotatable bonds is 7. The van der Waals surface area contributed by atoms with Crippen molar-refractivity contribution in [3.63, 3.8) is 0 Å². The van der Waals surface area contributed by atoms with Crippen LogP contribution >= 0.6 is 34.8 Å². The third kappa shape index (κ3) is 5.42. The number of carbonyl (C=O) groups is 1. The number of amides is 1. The molecule has 0 saturated carbocycles. The quantitative estimate of drug-likeness (QED) is 0.244. The molecule has 4 rings (SSSR count). The highest BCUT2D eigenvalue weighted by molar-refractivity contribution is 7.89. The van der Waals surface area contributed by atoms with Crippen LogP contribution in [0.15, 0.2) is 70.0 Å². The number of benzene rings is 3. The van der Waals surface area contributed by atoms with Crippen molar-refractivity contribution in [2.75, 3.05) is 7.11 Å². The number of nitrogens with zero attached hydrogens (tertiary/aromatic N) is 2. The molecule has 4 aromatic rings. The van der Waals surface area contributed by atoms with Gasteiger partial charge < -0.3 is 9.15 Å². The molecule has 9 nitrogen and oxygen atoms in total. The van der Waals surface area contributed by atoms with Gasteiger partial charge in [-0.25, -0.2) is 8.42 Å². The number of nitrogens with one attached hydrogen (secondary N) is 2. The summed E-state index contributed by atoms with van der Waals surface area (Å²) in [6.45, 7) is 0. The first-order chi connectivity index (χ1) is 16.7. The number of para-hydroxylation sites is 1. The van der Waals surface area contributed by atoms with E-state index in [1.807, 2.05) is 17.0 Å². The Hall–Kier alpha value is -3.15. The van der Waals surface area contributed by atoms with E-state index in [1.54, 1.807) is 31.4 Å². The van der Waals surface area contributed by atoms with Crippen LogP contribution in [0.25, 0.3) is 22.9 Å². The average molecular weight is 554 g/mol. The molecule has 3 aromatic carbocycles. The molecule has 0 aliphatic rings. The second-order valence-corrected chi connectivity index (χ2v) is 9.82. The zero-order valence-electron chi connectivity index (χ0n) is 17.8. The van der Waals surface area contributed by atoms with Gasteiger partial charge in [0, 0.05) is 11.1 Å². The van der Waals surface area contributed by atoms with Crippen LogP contribution in [0.4, 0.5) is 0 Å². The van der Waals surface area contributed by atoms with Crippen molar-refractivity contribution < 1.29 is 22.4 Å². The predicted molar refractivity (Wildman–Crippen MR) is 131 cm³/mol. The number of aromatic nitrogens is 2. The van der Waals surface area contributed by atoms with Gasteiger partial charge in [0.1, 0.15) is 10.6 Å². The van der Waals surface area contributed by atoms with Gasteiger partial charge in [-0.3, -0.25) is 10.2 Å². The molecule has 13 heteroatoms. The summed E-state index contributed by atoms with van der Waals surface area (Å²) in [4.78, 5) is 14.1. The summed E-state index contributed by atoms with van der Waals surface area (Å²) in [6.07, 6.45) is 0. The molecule has 0 aliphatic heterocycles. The number of ether oxygens (including phenoxy) is 1. The number of hydrogen-bond acceptors (Lipinski definition) is 7. The van der Waals surface area contributed by atoms with Crippen molar-refractivity contribution in [3.8, 4) is 28.7 Å². The van der Waals surface area contributed by atoms with Gasteiger partial charge in [0.25, 0.3) is 21.8 Å². The van der Waals surface area contributed by atoms with Gasteiger partial charge in [0.15, 0.2) is 0 Å². The number of halogens is 3. The highest BCUT2D eigenvalue weighted by atomic mass is 35.5. The van der Waals surface area contributed by atoms with Crippen molar-refractivity contribution in [1.29, 1.82) is 0 Å². The maximum Gasteiger partial charge on any atom is 0.266 e. The highest BCUT2D eigenvalue weighted by Gasteiger charge is 2.21. The van der Waals surface area contributed by atoms with Gasteiger partial charge in [0.05, 0.1) is 27.7 Å². The van der Waals surface area contributed by atoms with Crippen LogP contribution in [0, 0.1) is 0 Å². The molecule has 0 spiro atoms. The summed E-state index contributed by atoms with van der Waals surface area (Å²) in [5, 5.41) is 8.02. The molecule has 1 amide bonds. The van der Waals surface area contributed by atoms with E-state index in [1.165, 1.54) is 18.2 Å². The Morgan fingerprint density at radius 3 is 2.29 bits per heavy atom. The molecule has 180 valence electrons. The van der Waals surface area contributed by atoms with Gasteiger partial charge in [-0.15, -0.1) is 15.0 Å². The van der Waals surface area contributed by atoms with Crippen molar-refractivity contribution in [1.82, 2.24) is 20.5 Å². The topological polar surface area (TPSA) is 123 Å². The Bertz CT molecular complexity index is 1510. The molecular weight excluding hydrogens is 539 g/mol. The van der Waals surface area contributed by atoms with E-state index in [4.69, 9.17) is 44.0 Å². The van der Waals surface area contributed by atoms with Crippen LogP contribution in [-0.2, 0) is 10.0 Å². The minimum absolute atomic E-state index is 0.00625. The van der Waals surface area contributed by atoms with Crippen LogP contribution in [0.2, 0.25) is 15.1 Å². The first-order valence-electron chi connectivity index (χ1n) is 9.73. The van der Waals surface area contributed by atoms with E-state index in [2.05, 4.69) is 15.6 Å². The molecule has 2 N–H and O–H groups in total. The minimum Gasteiger partial charge on any atom is -0.496 e. The summed E-state index contributed by atoms with van der Waals surface area (Å²) < 4.78 is 36.1. The molecule has 1 heterocycles. The van der Waals surface area contributed by atoms with Gasteiger partial charge >= 0.3 is 0 Å². The molecule has 0 saturated heterocycles. The molecule has 0 aliphatic carbocycles. The van der Waals surface area contributed by atoms with Crippen LogP contribution in [0.5, 0.6) is 5.75 Å².